The van der Waals surface area contributed by atoms with Crippen LogP contribution in [0.1, 0.15) is 87.9 Å². The van der Waals surface area contributed by atoms with Crippen LogP contribution in [0, 0.1) is 6.92 Å². The fourth-order valence-corrected chi connectivity index (χ4v) is 6.12. The minimum Gasteiger partial charge on any atom is -0.460 e. The number of alkyl halides is 6. The number of esters is 1. The highest BCUT2D eigenvalue weighted by Gasteiger charge is 2.44. The third-order valence-electron chi connectivity index (χ3n) is 8.37. The Hall–Kier alpha value is -4.57. The molecule has 51 heavy (non-hydrogen) atoms. The van der Waals surface area contributed by atoms with Gasteiger partial charge in [-0.25, -0.2) is 14.8 Å². The van der Waals surface area contributed by atoms with E-state index in [0.29, 0.717) is 41.3 Å². The zero-order valence-corrected chi connectivity index (χ0v) is 29.8. The Labute approximate surface area is 292 Å². The van der Waals surface area contributed by atoms with Crippen LogP contribution in [-0.2, 0) is 40.2 Å². The summed E-state index contributed by atoms with van der Waals surface area (Å²) in [5, 5.41) is 4.53. The number of nitrogens with zero attached hydrogens (tertiary/aromatic N) is 7. The van der Waals surface area contributed by atoms with Crippen LogP contribution in [0.5, 0.6) is 0 Å². The first kappa shape index (κ1) is 39.2. The summed E-state index contributed by atoms with van der Waals surface area (Å²) in [5.41, 5.74) is -2.30. The fraction of sp³-hybridized carbons (Fsp3) is 0.559. The molecule has 1 aromatic carbocycles. The predicted molar refractivity (Wildman–Crippen MR) is 177 cm³/mol. The Morgan fingerprint density at radius 2 is 1.57 bits per heavy atom. The molecule has 1 amide bonds. The van der Waals surface area contributed by atoms with Gasteiger partial charge in [0.25, 0.3) is 0 Å². The molecule has 0 radical (unpaired) electrons. The summed E-state index contributed by atoms with van der Waals surface area (Å²) in [4.78, 5) is 39.3. The maximum atomic E-state index is 13.9. The molecule has 2 aromatic heterocycles. The molecule has 0 N–H and O–H groups in total. The summed E-state index contributed by atoms with van der Waals surface area (Å²) >= 11 is 0. The second kappa shape index (κ2) is 15.0. The highest BCUT2D eigenvalue weighted by molar-refractivity contribution is 5.89. The summed E-state index contributed by atoms with van der Waals surface area (Å²) in [6, 6.07) is 0.237. The Balaban J connectivity index is 1.82. The number of rotatable bonds is 10. The summed E-state index contributed by atoms with van der Waals surface area (Å²) in [6.45, 7) is 10.4. The second-order valence-electron chi connectivity index (χ2n) is 13.4. The van der Waals surface area contributed by atoms with E-state index in [2.05, 4.69) is 15.1 Å². The number of hydrogen-bond acceptors (Lipinski definition) is 9. The van der Waals surface area contributed by atoms with Crippen LogP contribution in [0.3, 0.4) is 0 Å². The predicted octanol–water partition coefficient (Wildman–Crippen LogP) is 7.62. The zero-order chi connectivity index (χ0) is 38.1. The van der Waals surface area contributed by atoms with Crippen LogP contribution >= 0.6 is 0 Å². The van der Waals surface area contributed by atoms with Gasteiger partial charge in [-0.15, -0.1) is 0 Å². The zero-order valence-electron chi connectivity index (χ0n) is 29.8. The molecule has 0 aliphatic carbocycles. The van der Waals surface area contributed by atoms with Crippen LogP contribution in [0.25, 0.3) is 0 Å². The van der Waals surface area contributed by atoms with Gasteiger partial charge in [-0.3, -0.25) is 14.4 Å². The van der Waals surface area contributed by atoms with Crippen molar-refractivity contribution < 1.29 is 45.4 Å². The standard InChI is InChI=1S/C34H43F6N7O4/c1-9-24-16-26(28-20(3)43-45(8)29(28)47(24)31(49)50-10-2)46(19-21-13-22(33(35,36)37)15-23(14-21)34(38,39)40)30-41-17-25(18-42-30)44(7)12-11-27(48)51-32(4,5)6/h13-15,17-18,24,26H,9-12,16,19H2,1-8H3. The van der Waals surface area contributed by atoms with Crippen LogP contribution < -0.4 is 14.7 Å². The first-order chi connectivity index (χ1) is 23.6. The SMILES string of the molecule is CCOC(=O)N1c2c(c(C)nn2C)C(N(Cc2cc(C(F)(F)F)cc(C(F)(F)F)c2)c2ncc(N(C)CCC(=O)OC(C)(C)C)cn2)CC1CC. The lowest BCUT2D eigenvalue weighted by atomic mass is 9.90. The molecule has 17 heteroatoms. The van der Waals surface area contributed by atoms with Crippen molar-refractivity contribution in [3.8, 4) is 0 Å². The maximum absolute atomic E-state index is 13.9. The molecule has 11 nitrogen and oxygen atoms in total. The van der Waals surface area contributed by atoms with Gasteiger partial charge < -0.3 is 19.3 Å². The number of fused-ring (bicyclic) bond motifs is 1. The van der Waals surface area contributed by atoms with Crippen molar-refractivity contribution in [3.05, 3.63) is 58.5 Å². The first-order valence-electron chi connectivity index (χ1n) is 16.4. The number of hydrogen-bond donors (Lipinski definition) is 0. The van der Waals surface area contributed by atoms with E-state index in [-0.39, 0.29) is 43.6 Å². The van der Waals surface area contributed by atoms with Crippen molar-refractivity contribution in [3.63, 3.8) is 0 Å². The van der Waals surface area contributed by atoms with E-state index in [1.807, 2.05) is 6.92 Å². The van der Waals surface area contributed by atoms with E-state index >= 15 is 0 Å². The summed E-state index contributed by atoms with van der Waals surface area (Å²) in [6.07, 6.45) is -7.07. The lowest BCUT2D eigenvalue weighted by Gasteiger charge is -2.42. The molecule has 2 unspecified atom stereocenters. The smallest absolute Gasteiger partial charge is 0.416 e. The highest BCUT2D eigenvalue weighted by atomic mass is 19.4. The van der Waals surface area contributed by atoms with Crippen molar-refractivity contribution in [2.24, 2.45) is 7.05 Å². The lowest BCUT2D eigenvalue weighted by Crippen LogP contribution is -2.48. The molecule has 0 saturated heterocycles. The van der Waals surface area contributed by atoms with Crippen LogP contribution in [0.15, 0.2) is 30.6 Å². The average Bonchev–Trinajstić information content (AvgIpc) is 3.33. The van der Waals surface area contributed by atoms with E-state index in [4.69, 9.17) is 9.47 Å². The molecule has 1 aliphatic rings. The number of anilines is 3. The van der Waals surface area contributed by atoms with Gasteiger partial charge in [-0.05, 0) is 71.2 Å². The number of amides is 1. The van der Waals surface area contributed by atoms with Crippen molar-refractivity contribution in [2.75, 3.05) is 34.9 Å². The fourth-order valence-electron chi connectivity index (χ4n) is 6.12. The van der Waals surface area contributed by atoms with E-state index < -0.39 is 59.8 Å². The number of benzene rings is 1. The largest absolute Gasteiger partial charge is 0.460 e. The second-order valence-corrected chi connectivity index (χ2v) is 13.4. The van der Waals surface area contributed by atoms with Crippen molar-refractivity contribution >= 4 is 29.5 Å². The monoisotopic (exact) mass is 727 g/mol. The molecule has 3 heterocycles. The van der Waals surface area contributed by atoms with Gasteiger partial charge in [0, 0.05) is 38.8 Å². The number of carbonyl (C=O) groups is 2. The lowest BCUT2D eigenvalue weighted by molar-refractivity contribution is -0.154. The third kappa shape index (κ3) is 9.22. The van der Waals surface area contributed by atoms with Crippen molar-refractivity contribution in [1.29, 1.82) is 0 Å². The van der Waals surface area contributed by atoms with Crippen LogP contribution in [-0.4, -0.2) is 63.7 Å². The Morgan fingerprint density at radius 1 is 0.980 bits per heavy atom. The average molecular weight is 728 g/mol. The quantitative estimate of drug-likeness (QED) is 0.154. The molecule has 0 fully saturated rings. The molecule has 0 spiro atoms. The molecular weight excluding hydrogens is 684 g/mol. The first-order valence-corrected chi connectivity index (χ1v) is 16.4. The van der Waals surface area contributed by atoms with Gasteiger partial charge in [-0.1, -0.05) is 6.92 Å². The molecule has 0 saturated carbocycles. The van der Waals surface area contributed by atoms with Gasteiger partial charge in [-0.2, -0.15) is 31.4 Å². The Kier molecular flexibility index (Phi) is 11.5. The minimum absolute atomic E-state index is 0.0175. The molecule has 4 rings (SSSR count). The van der Waals surface area contributed by atoms with Gasteiger partial charge in [0.15, 0.2) is 0 Å². The molecular formula is C34H43F6N7O4. The topological polar surface area (TPSA) is 106 Å². The summed E-state index contributed by atoms with van der Waals surface area (Å²) < 4.78 is 95.6. The molecule has 1 aliphatic heterocycles. The van der Waals surface area contributed by atoms with Crippen molar-refractivity contribution in [1.82, 2.24) is 19.7 Å². The maximum Gasteiger partial charge on any atom is 0.416 e. The number of carbonyl (C=O) groups excluding carboxylic acids is 2. The van der Waals surface area contributed by atoms with Gasteiger partial charge in [0.1, 0.15) is 11.4 Å². The van der Waals surface area contributed by atoms with E-state index in [9.17, 15) is 35.9 Å². The van der Waals surface area contributed by atoms with Gasteiger partial charge >= 0.3 is 24.4 Å². The number of aromatic nitrogens is 4. The molecule has 3 aromatic rings. The minimum atomic E-state index is -5.05. The number of aryl methyl sites for hydroxylation is 2. The molecule has 280 valence electrons. The van der Waals surface area contributed by atoms with Gasteiger partial charge in [0.05, 0.1) is 54.0 Å². The van der Waals surface area contributed by atoms with E-state index in [1.165, 1.54) is 22.0 Å². The van der Waals surface area contributed by atoms with Crippen LogP contribution in [0.4, 0.5) is 48.6 Å². The highest BCUT2D eigenvalue weighted by Crippen LogP contribution is 2.45. The number of ether oxygens (including phenoxy) is 2. The summed E-state index contributed by atoms with van der Waals surface area (Å²) in [7, 11) is 3.35. The number of halogens is 6. The van der Waals surface area contributed by atoms with E-state index in [1.54, 1.807) is 58.5 Å². The summed E-state index contributed by atoms with van der Waals surface area (Å²) in [5.74, 6) is 0.00105. The Bertz CT molecular complexity index is 1670. The molecule has 2 atom stereocenters. The van der Waals surface area contributed by atoms with Crippen LogP contribution in [0.2, 0.25) is 0 Å². The van der Waals surface area contributed by atoms with E-state index in [0.717, 1.165) is 0 Å². The van der Waals surface area contributed by atoms with Gasteiger partial charge in [0.2, 0.25) is 5.95 Å². The third-order valence-corrected chi connectivity index (χ3v) is 8.37. The Morgan fingerprint density at radius 3 is 2.08 bits per heavy atom. The molecule has 0 bridgehead atoms. The van der Waals surface area contributed by atoms with Crippen molar-refractivity contribution in [2.45, 2.75) is 97.4 Å². The normalized spacial score (nSPS) is 16.5.